The molecule has 0 saturated heterocycles. The van der Waals surface area contributed by atoms with Gasteiger partial charge in [-0.3, -0.25) is 9.52 Å². The summed E-state index contributed by atoms with van der Waals surface area (Å²) in [7, 11) is -4.11. The SMILES string of the molecule is CCn1c2ccccc2c2cc(NS(=O)(=O)c3ccc(NC(=O)c4ccc(Cl)cc4Cl)c(F)c3)ccc21. The van der Waals surface area contributed by atoms with Crippen molar-refractivity contribution in [2.45, 2.75) is 18.4 Å². The van der Waals surface area contributed by atoms with E-state index in [1.165, 1.54) is 30.3 Å². The highest BCUT2D eigenvalue weighted by Crippen LogP contribution is 2.32. The lowest BCUT2D eigenvalue weighted by atomic mass is 10.1. The van der Waals surface area contributed by atoms with Crippen LogP contribution in [0.2, 0.25) is 10.0 Å². The fourth-order valence-electron chi connectivity index (χ4n) is 4.30. The van der Waals surface area contributed by atoms with Crippen LogP contribution in [0.5, 0.6) is 0 Å². The predicted molar refractivity (Wildman–Crippen MR) is 147 cm³/mol. The zero-order chi connectivity index (χ0) is 26.3. The fourth-order valence-corrected chi connectivity index (χ4v) is 5.85. The first-order valence-electron chi connectivity index (χ1n) is 11.3. The Morgan fingerprint density at radius 1 is 0.919 bits per heavy atom. The average Bonchev–Trinajstić information content (AvgIpc) is 3.17. The molecular weight excluding hydrogens is 536 g/mol. The van der Waals surface area contributed by atoms with Crippen molar-refractivity contribution >= 4 is 72.3 Å². The summed E-state index contributed by atoms with van der Waals surface area (Å²) in [6.07, 6.45) is 0. The van der Waals surface area contributed by atoms with Gasteiger partial charge in [-0.05, 0) is 67.6 Å². The molecule has 0 saturated carbocycles. The third-order valence-electron chi connectivity index (χ3n) is 6.02. The van der Waals surface area contributed by atoms with Crippen LogP contribution in [0.15, 0.2) is 83.8 Å². The molecule has 4 aromatic carbocycles. The molecule has 188 valence electrons. The molecule has 0 atom stereocenters. The maximum absolute atomic E-state index is 14.8. The van der Waals surface area contributed by atoms with Gasteiger partial charge in [-0.25, -0.2) is 12.8 Å². The second kappa shape index (κ2) is 9.70. The first-order chi connectivity index (χ1) is 17.7. The third kappa shape index (κ3) is 4.75. The fraction of sp³-hybridized carbons (Fsp3) is 0.0741. The Labute approximate surface area is 222 Å². The molecule has 0 unspecified atom stereocenters. The van der Waals surface area contributed by atoms with Crippen molar-refractivity contribution in [3.05, 3.63) is 100 Å². The van der Waals surface area contributed by atoms with Crippen LogP contribution in [0.25, 0.3) is 21.8 Å². The second-order valence-corrected chi connectivity index (χ2v) is 10.8. The Bertz CT molecular complexity index is 1800. The van der Waals surface area contributed by atoms with Crippen LogP contribution in [-0.4, -0.2) is 18.9 Å². The molecule has 2 N–H and O–H groups in total. The number of fused-ring (bicyclic) bond motifs is 3. The lowest BCUT2D eigenvalue weighted by Gasteiger charge is -2.12. The first-order valence-corrected chi connectivity index (χ1v) is 13.5. The molecule has 6 nitrogen and oxygen atoms in total. The maximum atomic E-state index is 14.8. The number of nitrogens with zero attached hydrogens (tertiary/aromatic N) is 1. The normalized spacial score (nSPS) is 11.7. The molecule has 0 fully saturated rings. The molecule has 1 amide bonds. The van der Waals surface area contributed by atoms with Gasteiger partial charge in [0, 0.05) is 39.1 Å². The molecular formula is C27H20Cl2FN3O3S. The Kier molecular flexibility index (Phi) is 6.58. The Balaban J connectivity index is 1.41. The van der Waals surface area contributed by atoms with Crippen molar-refractivity contribution in [2.75, 3.05) is 10.0 Å². The zero-order valence-electron chi connectivity index (χ0n) is 19.4. The number of halogens is 3. The van der Waals surface area contributed by atoms with Gasteiger partial charge in [0.1, 0.15) is 5.82 Å². The number of carbonyl (C=O) groups is 1. The van der Waals surface area contributed by atoms with Crippen molar-refractivity contribution in [3.8, 4) is 0 Å². The van der Waals surface area contributed by atoms with E-state index in [0.717, 1.165) is 34.4 Å². The van der Waals surface area contributed by atoms with E-state index in [1.807, 2.05) is 37.3 Å². The van der Waals surface area contributed by atoms with Gasteiger partial charge in [-0.2, -0.15) is 0 Å². The summed E-state index contributed by atoms with van der Waals surface area (Å²) < 4.78 is 45.6. The van der Waals surface area contributed by atoms with Crippen LogP contribution in [0, 0.1) is 5.82 Å². The molecule has 0 aliphatic carbocycles. The van der Waals surface area contributed by atoms with E-state index in [0.29, 0.717) is 10.7 Å². The van der Waals surface area contributed by atoms with Gasteiger partial charge < -0.3 is 9.88 Å². The Morgan fingerprint density at radius 2 is 1.68 bits per heavy atom. The summed E-state index contributed by atoms with van der Waals surface area (Å²) in [5.41, 5.74) is 2.30. The molecule has 0 aliphatic rings. The monoisotopic (exact) mass is 555 g/mol. The summed E-state index contributed by atoms with van der Waals surface area (Å²) in [6, 6.07) is 20.7. The minimum Gasteiger partial charge on any atom is -0.341 e. The highest BCUT2D eigenvalue weighted by Gasteiger charge is 2.19. The van der Waals surface area contributed by atoms with Crippen LogP contribution >= 0.6 is 23.2 Å². The number of amides is 1. The number of carbonyl (C=O) groups excluding carboxylic acids is 1. The molecule has 37 heavy (non-hydrogen) atoms. The number of rotatable bonds is 6. The topological polar surface area (TPSA) is 80.2 Å². The van der Waals surface area contributed by atoms with E-state index in [4.69, 9.17) is 23.2 Å². The van der Waals surface area contributed by atoms with Gasteiger partial charge in [0.2, 0.25) is 0 Å². The van der Waals surface area contributed by atoms with Gasteiger partial charge in [-0.1, -0.05) is 41.4 Å². The minimum atomic E-state index is -4.11. The van der Waals surface area contributed by atoms with E-state index in [-0.39, 0.29) is 21.2 Å². The number of sulfonamides is 1. The van der Waals surface area contributed by atoms with Crippen LogP contribution in [0.4, 0.5) is 15.8 Å². The smallest absolute Gasteiger partial charge is 0.261 e. The third-order valence-corrected chi connectivity index (χ3v) is 7.94. The quantitative estimate of drug-likeness (QED) is 0.230. The zero-order valence-corrected chi connectivity index (χ0v) is 21.8. The number of hydrogen-bond acceptors (Lipinski definition) is 3. The van der Waals surface area contributed by atoms with E-state index in [1.54, 1.807) is 12.1 Å². The largest absolute Gasteiger partial charge is 0.341 e. The Morgan fingerprint density at radius 3 is 2.41 bits per heavy atom. The maximum Gasteiger partial charge on any atom is 0.261 e. The molecule has 0 bridgehead atoms. The highest BCUT2D eigenvalue weighted by atomic mass is 35.5. The van der Waals surface area contributed by atoms with Gasteiger partial charge in [0.05, 0.1) is 21.2 Å². The number of benzene rings is 4. The second-order valence-electron chi connectivity index (χ2n) is 8.32. The number of hydrogen-bond donors (Lipinski definition) is 2. The predicted octanol–water partition coefficient (Wildman–Crippen LogP) is 7.31. The summed E-state index contributed by atoms with van der Waals surface area (Å²) in [5, 5.41) is 4.77. The minimum absolute atomic E-state index is 0.101. The number of para-hydroxylation sites is 1. The number of aryl methyl sites for hydroxylation is 1. The van der Waals surface area contributed by atoms with Crippen LogP contribution in [-0.2, 0) is 16.6 Å². The van der Waals surface area contributed by atoms with Crippen molar-refractivity contribution in [3.63, 3.8) is 0 Å². The van der Waals surface area contributed by atoms with E-state index < -0.39 is 21.7 Å². The molecule has 5 rings (SSSR count). The molecule has 5 aromatic rings. The molecule has 0 radical (unpaired) electrons. The summed E-state index contributed by atoms with van der Waals surface area (Å²) in [6.45, 7) is 2.81. The summed E-state index contributed by atoms with van der Waals surface area (Å²) in [4.78, 5) is 12.2. The van der Waals surface area contributed by atoms with E-state index >= 15 is 0 Å². The van der Waals surface area contributed by atoms with Gasteiger partial charge >= 0.3 is 0 Å². The van der Waals surface area contributed by atoms with Gasteiger partial charge in [0.15, 0.2) is 0 Å². The molecule has 10 heteroatoms. The molecule has 1 aromatic heterocycles. The molecule has 1 heterocycles. The molecule has 0 spiro atoms. The summed E-state index contributed by atoms with van der Waals surface area (Å²) >= 11 is 11.9. The number of nitrogens with one attached hydrogen (secondary N) is 2. The van der Waals surface area contributed by atoms with Crippen molar-refractivity contribution < 1.29 is 17.6 Å². The van der Waals surface area contributed by atoms with E-state index in [9.17, 15) is 17.6 Å². The van der Waals surface area contributed by atoms with Gasteiger partial charge in [-0.15, -0.1) is 0 Å². The Hall–Kier alpha value is -3.59. The standard InChI is InChI=1S/C27H20Cl2FN3O3S/c1-2-33-25-6-4-3-5-19(25)21-14-17(8-12-26(21)33)32-37(35,36)18-9-11-24(23(30)15-18)31-27(34)20-10-7-16(28)13-22(20)29/h3-15,32H,2H2,1H3,(H,31,34). The average molecular weight is 556 g/mol. The number of aromatic nitrogens is 1. The first kappa shape index (κ1) is 25.1. The van der Waals surface area contributed by atoms with Crippen LogP contribution in [0.1, 0.15) is 17.3 Å². The van der Waals surface area contributed by atoms with E-state index in [2.05, 4.69) is 14.6 Å². The summed E-state index contributed by atoms with van der Waals surface area (Å²) in [5.74, 6) is -1.57. The van der Waals surface area contributed by atoms with Crippen LogP contribution < -0.4 is 10.0 Å². The highest BCUT2D eigenvalue weighted by molar-refractivity contribution is 7.92. The lowest BCUT2D eigenvalue weighted by molar-refractivity contribution is 0.102. The van der Waals surface area contributed by atoms with Crippen molar-refractivity contribution in [2.24, 2.45) is 0 Å². The van der Waals surface area contributed by atoms with Crippen LogP contribution in [0.3, 0.4) is 0 Å². The van der Waals surface area contributed by atoms with Crippen molar-refractivity contribution in [1.29, 1.82) is 0 Å². The molecule has 0 aliphatic heterocycles. The lowest BCUT2D eigenvalue weighted by Crippen LogP contribution is -2.16. The number of anilines is 2. The van der Waals surface area contributed by atoms with Crippen molar-refractivity contribution in [1.82, 2.24) is 4.57 Å². The van der Waals surface area contributed by atoms with Gasteiger partial charge in [0.25, 0.3) is 15.9 Å².